The molecule has 0 aliphatic carbocycles. The third-order valence-electron chi connectivity index (χ3n) is 1.79. The molecule has 7 heteroatoms. The topological polar surface area (TPSA) is 29.5 Å². The van der Waals surface area contributed by atoms with Gasteiger partial charge in [-0.2, -0.15) is 8.78 Å². The first-order valence-corrected chi connectivity index (χ1v) is 5.27. The summed E-state index contributed by atoms with van der Waals surface area (Å²) in [6.45, 7) is 0. The van der Waals surface area contributed by atoms with Gasteiger partial charge in [-0.15, -0.1) is 0 Å². The van der Waals surface area contributed by atoms with Gasteiger partial charge in [0.25, 0.3) is 0 Å². The molecule has 0 radical (unpaired) electrons. The fourth-order valence-electron chi connectivity index (χ4n) is 0.997. The number of halogens is 4. The van der Waals surface area contributed by atoms with Crippen LogP contribution < -0.4 is 4.74 Å². The Labute approximate surface area is 104 Å². The molecular formula is C10H9BrF3NO2. The van der Waals surface area contributed by atoms with Crippen molar-refractivity contribution in [1.29, 1.82) is 0 Å². The van der Waals surface area contributed by atoms with Gasteiger partial charge in [0.2, 0.25) is 0 Å². The third-order valence-corrected chi connectivity index (χ3v) is 2.44. The fourth-order valence-corrected chi connectivity index (χ4v) is 1.33. The van der Waals surface area contributed by atoms with Crippen LogP contribution >= 0.6 is 15.9 Å². The number of nitrogens with zero attached hydrogens (tertiary/aromatic N) is 1. The van der Waals surface area contributed by atoms with Crippen molar-refractivity contribution >= 4 is 21.8 Å². The molecule has 1 aromatic carbocycles. The maximum Gasteiger partial charge on any atom is 0.482 e. The number of amides is 1. The Hall–Kier alpha value is -1.24. The quantitative estimate of drug-likeness (QED) is 0.859. The van der Waals surface area contributed by atoms with E-state index in [0.29, 0.717) is 4.90 Å². The minimum absolute atomic E-state index is 0.130. The predicted molar refractivity (Wildman–Crippen MR) is 58.4 cm³/mol. The van der Waals surface area contributed by atoms with Crippen molar-refractivity contribution in [2.24, 2.45) is 0 Å². The van der Waals surface area contributed by atoms with Crippen LogP contribution in [0.5, 0.6) is 5.75 Å². The standard InChI is InChI=1S/C10H9BrF3NO2/c1-15(2)9(16)10(13,14)17-8-5-6(12)3-4-7(8)11/h3-5H,1-2H3. The Bertz CT molecular complexity index is 438. The van der Waals surface area contributed by atoms with Gasteiger partial charge in [-0.25, -0.2) is 4.39 Å². The Balaban J connectivity index is 2.97. The summed E-state index contributed by atoms with van der Waals surface area (Å²) in [5, 5.41) is 0. The lowest BCUT2D eigenvalue weighted by Crippen LogP contribution is -2.43. The molecule has 1 aromatic rings. The minimum atomic E-state index is -4.04. The van der Waals surface area contributed by atoms with E-state index in [4.69, 9.17) is 0 Å². The summed E-state index contributed by atoms with van der Waals surface area (Å²) in [6, 6.07) is 3.05. The summed E-state index contributed by atoms with van der Waals surface area (Å²) >= 11 is 2.92. The Kier molecular flexibility index (Phi) is 4.03. The number of hydrogen-bond donors (Lipinski definition) is 0. The Morgan fingerprint density at radius 2 is 2.00 bits per heavy atom. The first-order valence-electron chi connectivity index (χ1n) is 4.47. The zero-order chi connectivity index (χ0) is 13.2. The van der Waals surface area contributed by atoms with Crippen LogP contribution in [-0.4, -0.2) is 31.0 Å². The maximum absolute atomic E-state index is 13.3. The molecule has 0 unspecified atom stereocenters. The van der Waals surface area contributed by atoms with Crippen LogP contribution in [0.4, 0.5) is 13.2 Å². The highest BCUT2D eigenvalue weighted by atomic mass is 79.9. The van der Waals surface area contributed by atoms with Crippen molar-refractivity contribution < 1.29 is 22.7 Å². The van der Waals surface area contributed by atoms with E-state index in [0.717, 1.165) is 12.1 Å². The number of likely N-dealkylation sites (N-methyl/N-ethyl adjacent to an activating group) is 1. The van der Waals surface area contributed by atoms with Crippen LogP contribution in [-0.2, 0) is 4.79 Å². The zero-order valence-electron chi connectivity index (χ0n) is 9.01. The van der Waals surface area contributed by atoms with Gasteiger partial charge in [0.15, 0.2) is 0 Å². The average molecular weight is 312 g/mol. The summed E-state index contributed by atoms with van der Waals surface area (Å²) in [7, 11) is 2.33. The lowest BCUT2D eigenvalue weighted by molar-refractivity contribution is -0.201. The molecule has 1 amide bonds. The van der Waals surface area contributed by atoms with E-state index < -0.39 is 23.6 Å². The highest BCUT2D eigenvalue weighted by Gasteiger charge is 2.43. The Morgan fingerprint density at radius 1 is 1.41 bits per heavy atom. The second-order valence-corrected chi connectivity index (χ2v) is 4.25. The monoisotopic (exact) mass is 311 g/mol. The van der Waals surface area contributed by atoms with Crippen LogP contribution in [0.3, 0.4) is 0 Å². The SMILES string of the molecule is CN(C)C(=O)C(F)(F)Oc1cc(F)ccc1Br. The van der Waals surface area contributed by atoms with Gasteiger partial charge in [-0.1, -0.05) is 0 Å². The van der Waals surface area contributed by atoms with E-state index >= 15 is 0 Å². The highest BCUT2D eigenvalue weighted by Crippen LogP contribution is 2.30. The fraction of sp³-hybridized carbons (Fsp3) is 0.300. The third kappa shape index (κ3) is 3.36. The van der Waals surface area contributed by atoms with Crippen LogP contribution in [0.15, 0.2) is 22.7 Å². The number of ether oxygens (including phenoxy) is 1. The number of alkyl halides is 2. The lowest BCUT2D eigenvalue weighted by Gasteiger charge is -2.20. The van der Waals surface area contributed by atoms with Crippen molar-refractivity contribution in [1.82, 2.24) is 4.90 Å². The van der Waals surface area contributed by atoms with Gasteiger partial charge in [0.1, 0.15) is 11.6 Å². The van der Waals surface area contributed by atoms with Gasteiger partial charge < -0.3 is 9.64 Å². The van der Waals surface area contributed by atoms with Crippen molar-refractivity contribution in [2.45, 2.75) is 6.11 Å². The number of carbonyl (C=O) groups is 1. The summed E-state index contributed by atoms with van der Waals surface area (Å²) in [5.74, 6) is -2.70. The Morgan fingerprint density at radius 3 is 2.53 bits per heavy atom. The number of benzene rings is 1. The van der Waals surface area contributed by atoms with E-state index in [1.54, 1.807) is 0 Å². The molecule has 0 fully saturated rings. The van der Waals surface area contributed by atoms with E-state index in [1.165, 1.54) is 20.2 Å². The van der Waals surface area contributed by atoms with E-state index in [1.807, 2.05) is 0 Å². The zero-order valence-corrected chi connectivity index (χ0v) is 10.6. The summed E-state index contributed by atoms with van der Waals surface area (Å²) in [4.78, 5) is 11.8. The molecular weight excluding hydrogens is 303 g/mol. The first-order chi connectivity index (χ1) is 7.74. The molecule has 0 N–H and O–H groups in total. The normalized spacial score (nSPS) is 11.2. The second kappa shape index (κ2) is 4.95. The minimum Gasteiger partial charge on any atom is -0.424 e. The molecule has 0 bridgehead atoms. The van der Waals surface area contributed by atoms with Gasteiger partial charge in [-0.05, 0) is 28.1 Å². The van der Waals surface area contributed by atoms with Gasteiger partial charge in [-0.3, -0.25) is 4.79 Å². The predicted octanol–water partition coefficient (Wildman–Crippen LogP) is 2.65. The molecule has 3 nitrogen and oxygen atoms in total. The molecule has 0 spiro atoms. The second-order valence-electron chi connectivity index (χ2n) is 3.39. The maximum atomic E-state index is 13.3. The smallest absolute Gasteiger partial charge is 0.424 e. The van der Waals surface area contributed by atoms with Crippen molar-refractivity contribution in [3.63, 3.8) is 0 Å². The molecule has 0 atom stereocenters. The van der Waals surface area contributed by atoms with Gasteiger partial charge >= 0.3 is 12.0 Å². The van der Waals surface area contributed by atoms with Crippen LogP contribution in [0.2, 0.25) is 0 Å². The highest BCUT2D eigenvalue weighted by molar-refractivity contribution is 9.10. The van der Waals surface area contributed by atoms with E-state index in [9.17, 15) is 18.0 Å². The molecule has 0 aromatic heterocycles. The molecule has 1 rings (SSSR count). The average Bonchev–Trinajstić information content (AvgIpc) is 2.21. The summed E-state index contributed by atoms with van der Waals surface area (Å²) in [6.07, 6.45) is -4.04. The molecule has 94 valence electrons. The number of rotatable bonds is 3. The van der Waals surface area contributed by atoms with Crippen LogP contribution in [0, 0.1) is 5.82 Å². The van der Waals surface area contributed by atoms with Crippen LogP contribution in [0.1, 0.15) is 0 Å². The van der Waals surface area contributed by atoms with Crippen molar-refractivity contribution in [2.75, 3.05) is 14.1 Å². The molecule has 0 heterocycles. The van der Waals surface area contributed by atoms with Gasteiger partial charge in [0.05, 0.1) is 4.47 Å². The molecule has 17 heavy (non-hydrogen) atoms. The molecule has 0 aliphatic heterocycles. The van der Waals surface area contributed by atoms with Crippen molar-refractivity contribution in [3.05, 3.63) is 28.5 Å². The summed E-state index contributed by atoms with van der Waals surface area (Å²) < 4.78 is 43.8. The molecule has 0 saturated carbocycles. The van der Waals surface area contributed by atoms with Gasteiger partial charge in [0, 0.05) is 20.2 Å². The van der Waals surface area contributed by atoms with Crippen molar-refractivity contribution in [3.8, 4) is 5.75 Å². The molecule has 0 saturated heterocycles. The lowest BCUT2D eigenvalue weighted by atomic mass is 10.3. The van der Waals surface area contributed by atoms with E-state index in [2.05, 4.69) is 20.7 Å². The number of hydrogen-bond acceptors (Lipinski definition) is 2. The van der Waals surface area contributed by atoms with Crippen LogP contribution in [0.25, 0.3) is 0 Å². The number of carbonyl (C=O) groups excluding carboxylic acids is 1. The largest absolute Gasteiger partial charge is 0.482 e. The first kappa shape index (κ1) is 13.8. The van der Waals surface area contributed by atoms with E-state index in [-0.39, 0.29) is 4.47 Å². The molecule has 0 aliphatic rings. The summed E-state index contributed by atoms with van der Waals surface area (Å²) in [5.41, 5.74) is 0.